The number of ketones is 2. The second-order valence-corrected chi connectivity index (χ2v) is 17.0. The first-order chi connectivity index (χ1) is 21.9. The van der Waals surface area contributed by atoms with Gasteiger partial charge in [0.25, 0.3) is 0 Å². The van der Waals surface area contributed by atoms with Crippen LogP contribution in [0.4, 0.5) is 0 Å². The predicted molar refractivity (Wildman–Crippen MR) is 173 cm³/mol. The van der Waals surface area contributed by atoms with Crippen molar-refractivity contribution in [3.8, 4) is 6.07 Å². The van der Waals surface area contributed by atoms with Crippen LogP contribution in [0, 0.1) is 61.6 Å². The molecule has 5 aliphatic carbocycles. The average Bonchev–Trinajstić information content (AvgIpc) is 3.48. The molecule has 1 heterocycles. The zero-order valence-corrected chi connectivity index (χ0v) is 29.2. The minimum absolute atomic E-state index is 0.0163. The van der Waals surface area contributed by atoms with Crippen LogP contribution < -0.4 is 0 Å². The van der Waals surface area contributed by atoms with Gasteiger partial charge in [0.1, 0.15) is 12.7 Å². The number of rotatable bonds is 5. The van der Waals surface area contributed by atoms with Gasteiger partial charge < -0.3 is 14.0 Å². The number of imidazole rings is 1. The second kappa shape index (κ2) is 10.7. The standard InChI is InChI=1S/C38H49N3O6/c1-33(2)11-13-38(32(45)47-16-15-41-21-25(40-22-41)31(44)46-8)14-12-37(7)29(24(38)19-33)26(42)17-28-35(5)18-23(20-39)30(43)34(3,4)27(35)9-10-36(28,37)6/h17-18,21-22,24,27,29H,9-16,19H2,1-8H3/t24-,27-,29-,35-,36+,37+,38-/m0/s1. The number of hydrogen-bond donors (Lipinski definition) is 0. The Labute approximate surface area is 278 Å². The molecule has 0 aliphatic heterocycles. The summed E-state index contributed by atoms with van der Waals surface area (Å²) in [6.45, 7) is 15.6. The fourth-order valence-electron chi connectivity index (χ4n) is 11.1. The molecule has 9 nitrogen and oxygen atoms in total. The molecule has 3 saturated carbocycles. The largest absolute Gasteiger partial charge is 0.464 e. The highest BCUT2D eigenvalue weighted by Crippen LogP contribution is 2.74. The van der Waals surface area contributed by atoms with Gasteiger partial charge in [-0.15, -0.1) is 0 Å². The van der Waals surface area contributed by atoms with Crippen molar-refractivity contribution in [2.24, 2.45) is 50.2 Å². The number of carbonyl (C=O) groups excluding carboxylic acids is 4. The maximum Gasteiger partial charge on any atom is 0.358 e. The van der Waals surface area contributed by atoms with E-state index in [1.807, 2.05) is 26.0 Å². The maximum atomic E-state index is 14.7. The Bertz CT molecular complexity index is 1660. The van der Waals surface area contributed by atoms with Crippen LogP contribution in [0.1, 0.15) is 104 Å². The van der Waals surface area contributed by atoms with E-state index in [0.29, 0.717) is 25.8 Å². The van der Waals surface area contributed by atoms with Crippen molar-refractivity contribution in [2.45, 2.75) is 100.0 Å². The molecule has 0 radical (unpaired) electrons. The predicted octanol–water partition coefficient (Wildman–Crippen LogP) is 6.43. The third kappa shape index (κ3) is 4.63. The highest BCUT2D eigenvalue weighted by molar-refractivity contribution is 6.04. The summed E-state index contributed by atoms with van der Waals surface area (Å²) >= 11 is 0. The Morgan fingerprint density at radius 2 is 1.74 bits per heavy atom. The molecule has 0 bridgehead atoms. The van der Waals surface area contributed by atoms with Crippen LogP contribution >= 0.6 is 0 Å². The molecule has 0 unspecified atom stereocenters. The Morgan fingerprint density at radius 3 is 2.43 bits per heavy atom. The number of nitrogens with zero attached hydrogens (tertiary/aromatic N) is 3. The van der Waals surface area contributed by atoms with E-state index < -0.39 is 27.6 Å². The lowest BCUT2D eigenvalue weighted by Crippen LogP contribution is -2.66. The van der Waals surface area contributed by atoms with Gasteiger partial charge in [-0.1, -0.05) is 60.1 Å². The van der Waals surface area contributed by atoms with Gasteiger partial charge in [0.15, 0.2) is 17.3 Å². The normalized spacial score (nSPS) is 38.3. The van der Waals surface area contributed by atoms with Crippen LogP contribution in [0.15, 0.2) is 35.8 Å². The van der Waals surface area contributed by atoms with Gasteiger partial charge in [0.05, 0.1) is 31.0 Å². The summed E-state index contributed by atoms with van der Waals surface area (Å²) in [6, 6.07) is 2.17. The summed E-state index contributed by atoms with van der Waals surface area (Å²) in [5.74, 6) is -1.32. The van der Waals surface area contributed by atoms with Gasteiger partial charge >= 0.3 is 11.9 Å². The summed E-state index contributed by atoms with van der Waals surface area (Å²) in [7, 11) is 1.30. The quantitative estimate of drug-likeness (QED) is 0.336. The monoisotopic (exact) mass is 643 g/mol. The molecule has 0 aromatic carbocycles. The molecule has 1 aromatic heterocycles. The number of aromatic nitrogens is 2. The Kier molecular flexibility index (Phi) is 7.62. The lowest BCUT2D eigenvalue weighted by atomic mass is 9.34. The Balaban J connectivity index is 1.35. The number of methoxy groups -OCH3 is 1. The molecular weight excluding hydrogens is 594 g/mol. The van der Waals surface area contributed by atoms with E-state index in [1.54, 1.807) is 10.8 Å². The highest BCUT2D eigenvalue weighted by atomic mass is 16.5. The maximum absolute atomic E-state index is 14.7. The lowest BCUT2D eigenvalue weighted by molar-refractivity contribution is -0.193. The summed E-state index contributed by atoms with van der Waals surface area (Å²) in [5, 5.41) is 9.98. The first kappa shape index (κ1) is 33.4. The molecule has 252 valence electrons. The lowest BCUT2D eigenvalue weighted by Gasteiger charge is -2.68. The number of fused-ring (bicyclic) bond motifs is 7. The molecule has 47 heavy (non-hydrogen) atoms. The number of Topliss-reactive ketones (excluding diaryl/α,β-unsaturated/α-hetero) is 1. The van der Waals surface area contributed by atoms with Crippen molar-refractivity contribution in [3.05, 3.63) is 41.5 Å². The fourth-order valence-corrected chi connectivity index (χ4v) is 11.1. The second-order valence-electron chi connectivity index (χ2n) is 17.0. The topological polar surface area (TPSA) is 128 Å². The molecule has 7 atom stereocenters. The molecule has 0 spiro atoms. The molecule has 0 N–H and O–H groups in total. The molecule has 3 fully saturated rings. The Hall–Kier alpha value is -3.54. The van der Waals surface area contributed by atoms with E-state index in [2.05, 4.69) is 45.7 Å². The van der Waals surface area contributed by atoms with E-state index in [1.165, 1.54) is 13.4 Å². The van der Waals surface area contributed by atoms with Crippen LogP contribution in [0.3, 0.4) is 0 Å². The number of carbonyl (C=O) groups is 4. The first-order valence-electron chi connectivity index (χ1n) is 17.1. The molecule has 9 heteroatoms. The van der Waals surface area contributed by atoms with Gasteiger partial charge in [-0.2, -0.15) is 5.26 Å². The van der Waals surface area contributed by atoms with Crippen molar-refractivity contribution >= 4 is 23.5 Å². The minimum atomic E-state index is -0.753. The summed E-state index contributed by atoms with van der Waals surface area (Å²) < 4.78 is 12.5. The SMILES string of the molecule is COC(=O)c1cn(CCOC(=O)[C@]23CCC(C)(C)C[C@H]2[C@H]2C(=O)C=C4[C@@]5(C)C=C(C#N)C(=O)C(C)(C)[C@@H]5CC[C@@]4(C)[C@]2(C)CC3)cn1. The van der Waals surface area contributed by atoms with Gasteiger partial charge in [-0.3, -0.25) is 14.4 Å². The van der Waals surface area contributed by atoms with Gasteiger partial charge in [-0.25, -0.2) is 9.78 Å². The van der Waals surface area contributed by atoms with Gasteiger partial charge in [0, 0.05) is 22.9 Å². The van der Waals surface area contributed by atoms with E-state index in [9.17, 15) is 24.4 Å². The van der Waals surface area contributed by atoms with Crippen LogP contribution in [0.2, 0.25) is 0 Å². The van der Waals surface area contributed by atoms with Crippen molar-refractivity contribution in [3.63, 3.8) is 0 Å². The summed E-state index contributed by atoms with van der Waals surface area (Å²) in [6.07, 6.45) is 12.2. The number of ether oxygens (including phenoxy) is 2. The third-order valence-electron chi connectivity index (χ3n) is 13.9. The zero-order chi connectivity index (χ0) is 34.4. The number of nitriles is 1. The van der Waals surface area contributed by atoms with Crippen molar-refractivity contribution in [1.82, 2.24) is 9.55 Å². The number of hydrogen-bond acceptors (Lipinski definition) is 8. The van der Waals surface area contributed by atoms with Crippen molar-refractivity contribution < 1.29 is 28.7 Å². The average molecular weight is 644 g/mol. The van der Waals surface area contributed by atoms with E-state index in [0.717, 1.165) is 31.3 Å². The van der Waals surface area contributed by atoms with Crippen molar-refractivity contribution in [1.29, 1.82) is 5.26 Å². The van der Waals surface area contributed by atoms with Crippen LogP contribution in [-0.2, 0) is 30.4 Å². The van der Waals surface area contributed by atoms with E-state index in [4.69, 9.17) is 9.47 Å². The highest BCUT2D eigenvalue weighted by Gasteiger charge is 2.71. The minimum Gasteiger partial charge on any atom is -0.464 e. The van der Waals surface area contributed by atoms with E-state index >= 15 is 0 Å². The van der Waals surface area contributed by atoms with Crippen LogP contribution in [0.25, 0.3) is 0 Å². The number of esters is 2. The van der Waals surface area contributed by atoms with Crippen LogP contribution in [0.5, 0.6) is 0 Å². The molecular formula is C38H49N3O6. The third-order valence-corrected chi connectivity index (χ3v) is 13.9. The smallest absolute Gasteiger partial charge is 0.358 e. The fraction of sp³-hybridized carbons (Fsp3) is 0.684. The zero-order valence-electron chi connectivity index (χ0n) is 29.2. The van der Waals surface area contributed by atoms with Gasteiger partial charge in [-0.05, 0) is 79.1 Å². The molecule has 0 saturated heterocycles. The molecule has 0 amide bonds. The summed E-state index contributed by atoms with van der Waals surface area (Å²) in [4.78, 5) is 58.2. The number of allylic oxidation sites excluding steroid dienone is 4. The summed E-state index contributed by atoms with van der Waals surface area (Å²) in [5.41, 5.74) is -1.41. The van der Waals surface area contributed by atoms with Crippen molar-refractivity contribution in [2.75, 3.05) is 13.7 Å². The van der Waals surface area contributed by atoms with Crippen LogP contribution in [-0.4, -0.2) is 46.8 Å². The molecule has 5 aliphatic rings. The first-order valence-corrected chi connectivity index (χ1v) is 17.1. The molecule has 1 aromatic rings. The van der Waals surface area contributed by atoms with E-state index in [-0.39, 0.29) is 64.0 Å². The molecule has 6 rings (SSSR count). The van der Waals surface area contributed by atoms with Gasteiger partial charge in [0.2, 0.25) is 0 Å². The Morgan fingerprint density at radius 1 is 1.04 bits per heavy atom.